The number of benzene rings is 1. The van der Waals surface area contributed by atoms with E-state index in [0.717, 1.165) is 48.8 Å². The number of hydrogen-bond donors (Lipinski definition) is 1. The van der Waals surface area contributed by atoms with Crippen molar-refractivity contribution in [3.63, 3.8) is 0 Å². The van der Waals surface area contributed by atoms with E-state index in [4.69, 9.17) is 4.74 Å². The number of rotatable bonds is 4. The van der Waals surface area contributed by atoms with Gasteiger partial charge < -0.3 is 9.84 Å². The smallest absolute Gasteiger partial charge is 0.119 e. The predicted octanol–water partition coefficient (Wildman–Crippen LogP) is 4.65. The first kappa shape index (κ1) is 14.9. The lowest BCUT2D eigenvalue weighted by atomic mass is 9.84. The van der Waals surface area contributed by atoms with Gasteiger partial charge in [0.25, 0.3) is 0 Å². The first-order valence-electron chi connectivity index (χ1n) is 8.56. The van der Waals surface area contributed by atoms with Crippen LogP contribution in [0.15, 0.2) is 24.3 Å². The Kier molecular flexibility index (Phi) is 4.26. The molecule has 0 saturated heterocycles. The lowest BCUT2D eigenvalue weighted by molar-refractivity contribution is 0.0191. The van der Waals surface area contributed by atoms with Crippen molar-refractivity contribution in [3.8, 4) is 5.75 Å². The van der Waals surface area contributed by atoms with Crippen LogP contribution in [0.3, 0.4) is 0 Å². The van der Waals surface area contributed by atoms with Crippen LogP contribution < -0.4 is 4.74 Å². The van der Waals surface area contributed by atoms with Crippen molar-refractivity contribution < 1.29 is 9.84 Å². The van der Waals surface area contributed by atoms with Gasteiger partial charge in [-0.2, -0.15) is 0 Å². The monoisotopic (exact) mass is 288 g/mol. The van der Waals surface area contributed by atoms with Gasteiger partial charge >= 0.3 is 0 Å². The predicted molar refractivity (Wildman–Crippen MR) is 85.4 cm³/mol. The summed E-state index contributed by atoms with van der Waals surface area (Å²) in [4.78, 5) is 0. The highest BCUT2D eigenvalue weighted by atomic mass is 16.5. The fraction of sp³-hybridized carbons (Fsp3) is 0.684. The second-order valence-electron chi connectivity index (χ2n) is 7.31. The summed E-state index contributed by atoms with van der Waals surface area (Å²) >= 11 is 0. The third-order valence-electron chi connectivity index (χ3n) is 5.26. The SMILES string of the molecule is CC(C)C1CCCC(O)(c2ccc(OC3CC3)cc2)CC1. The van der Waals surface area contributed by atoms with E-state index in [9.17, 15) is 5.11 Å². The second-order valence-corrected chi connectivity index (χ2v) is 7.31. The molecule has 2 aliphatic carbocycles. The fourth-order valence-electron chi connectivity index (χ4n) is 3.53. The third-order valence-corrected chi connectivity index (χ3v) is 5.26. The van der Waals surface area contributed by atoms with Gasteiger partial charge in [0.15, 0.2) is 0 Å². The Bertz CT molecular complexity index is 461. The van der Waals surface area contributed by atoms with Gasteiger partial charge in [-0.25, -0.2) is 0 Å². The minimum Gasteiger partial charge on any atom is -0.490 e. The first-order valence-corrected chi connectivity index (χ1v) is 8.56. The molecule has 116 valence electrons. The maximum Gasteiger partial charge on any atom is 0.119 e. The molecule has 2 aliphatic rings. The zero-order valence-corrected chi connectivity index (χ0v) is 13.3. The van der Waals surface area contributed by atoms with E-state index in [1.807, 2.05) is 12.1 Å². The van der Waals surface area contributed by atoms with Gasteiger partial charge in [-0.05, 0) is 68.1 Å². The maximum atomic E-state index is 11.1. The van der Waals surface area contributed by atoms with Gasteiger partial charge in [-0.1, -0.05) is 32.4 Å². The van der Waals surface area contributed by atoms with Crippen molar-refractivity contribution in [1.29, 1.82) is 0 Å². The lowest BCUT2D eigenvalue weighted by Crippen LogP contribution is -2.25. The molecule has 21 heavy (non-hydrogen) atoms. The quantitative estimate of drug-likeness (QED) is 0.817. The third kappa shape index (κ3) is 3.60. The van der Waals surface area contributed by atoms with Crippen molar-refractivity contribution in [2.24, 2.45) is 11.8 Å². The minimum absolute atomic E-state index is 0.434. The molecule has 1 aromatic rings. The minimum atomic E-state index is -0.637. The van der Waals surface area contributed by atoms with Gasteiger partial charge in [0, 0.05) is 0 Å². The average Bonchev–Trinajstić information content (AvgIpc) is 3.27. The summed E-state index contributed by atoms with van der Waals surface area (Å²) < 4.78 is 5.79. The van der Waals surface area contributed by atoms with Crippen LogP contribution in [0, 0.1) is 11.8 Å². The lowest BCUT2D eigenvalue weighted by Gasteiger charge is -2.28. The highest BCUT2D eigenvalue weighted by Crippen LogP contribution is 2.40. The molecule has 0 heterocycles. The molecule has 2 nitrogen and oxygen atoms in total. The number of ether oxygens (including phenoxy) is 1. The average molecular weight is 288 g/mol. The van der Waals surface area contributed by atoms with Crippen LogP contribution in [0.2, 0.25) is 0 Å². The molecule has 0 aliphatic heterocycles. The zero-order valence-electron chi connectivity index (χ0n) is 13.3. The zero-order chi connectivity index (χ0) is 14.9. The Hall–Kier alpha value is -1.02. The van der Waals surface area contributed by atoms with Crippen molar-refractivity contribution in [1.82, 2.24) is 0 Å². The molecule has 2 heteroatoms. The normalized spacial score (nSPS) is 30.2. The van der Waals surface area contributed by atoms with Crippen LogP contribution in [-0.2, 0) is 5.60 Å². The summed E-state index contributed by atoms with van der Waals surface area (Å²) in [5, 5.41) is 11.1. The van der Waals surface area contributed by atoms with E-state index in [1.165, 1.54) is 19.3 Å². The summed E-state index contributed by atoms with van der Waals surface area (Å²) in [5.74, 6) is 2.43. The van der Waals surface area contributed by atoms with E-state index in [1.54, 1.807) is 0 Å². The molecule has 0 spiro atoms. The molecular weight excluding hydrogens is 260 g/mol. The molecule has 3 rings (SSSR count). The van der Waals surface area contributed by atoms with Crippen LogP contribution in [0.25, 0.3) is 0 Å². The van der Waals surface area contributed by atoms with E-state index in [2.05, 4.69) is 26.0 Å². The van der Waals surface area contributed by atoms with Gasteiger partial charge in [0.05, 0.1) is 11.7 Å². The van der Waals surface area contributed by atoms with Crippen LogP contribution in [0.4, 0.5) is 0 Å². The molecule has 0 aromatic heterocycles. The van der Waals surface area contributed by atoms with Crippen LogP contribution in [0.1, 0.15) is 64.4 Å². The topological polar surface area (TPSA) is 29.5 Å². The van der Waals surface area contributed by atoms with Crippen LogP contribution in [0.5, 0.6) is 5.75 Å². The van der Waals surface area contributed by atoms with Crippen molar-refractivity contribution in [3.05, 3.63) is 29.8 Å². The van der Waals surface area contributed by atoms with E-state index >= 15 is 0 Å². The molecule has 0 bridgehead atoms. The Morgan fingerprint density at radius 2 is 1.76 bits per heavy atom. The highest BCUT2D eigenvalue weighted by molar-refractivity contribution is 5.31. The van der Waals surface area contributed by atoms with Crippen molar-refractivity contribution in [2.75, 3.05) is 0 Å². The van der Waals surface area contributed by atoms with E-state index < -0.39 is 5.60 Å². The van der Waals surface area contributed by atoms with Crippen LogP contribution >= 0.6 is 0 Å². The van der Waals surface area contributed by atoms with Crippen LogP contribution in [-0.4, -0.2) is 11.2 Å². The Labute approximate surface area is 128 Å². The summed E-state index contributed by atoms with van der Waals surface area (Å²) in [7, 11) is 0. The Morgan fingerprint density at radius 1 is 1.05 bits per heavy atom. The summed E-state index contributed by atoms with van der Waals surface area (Å²) in [6, 6.07) is 8.17. The molecule has 2 fully saturated rings. The van der Waals surface area contributed by atoms with Crippen molar-refractivity contribution in [2.45, 2.75) is 70.5 Å². The molecule has 0 radical (unpaired) electrons. The second kappa shape index (κ2) is 6.00. The van der Waals surface area contributed by atoms with Gasteiger partial charge in [0.1, 0.15) is 5.75 Å². The fourth-order valence-corrected chi connectivity index (χ4v) is 3.53. The van der Waals surface area contributed by atoms with Crippen molar-refractivity contribution >= 4 is 0 Å². The van der Waals surface area contributed by atoms with Gasteiger partial charge in [0.2, 0.25) is 0 Å². The number of aliphatic hydroxyl groups is 1. The molecule has 1 N–H and O–H groups in total. The summed E-state index contributed by atoms with van der Waals surface area (Å²) in [5.41, 5.74) is 0.428. The molecular formula is C19H28O2. The Balaban J connectivity index is 1.68. The molecule has 1 aromatic carbocycles. The molecule has 2 saturated carbocycles. The maximum absolute atomic E-state index is 11.1. The summed E-state index contributed by atoms with van der Waals surface area (Å²) in [6.45, 7) is 4.61. The largest absolute Gasteiger partial charge is 0.490 e. The van der Waals surface area contributed by atoms with Gasteiger partial charge in [-0.3, -0.25) is 0 Å². The molecule has 2 unspecified atom stereocenters. The molecule has 2 atom stereocenters. The first-order chi connectivity index (χ1) is 10.1. The van der Waals surface area contributed by atoms with Gasteiger partial charge in [-0.15, -0.1) is 0 Å². The number of hydrogen-bond acceptors (Lipinski definition) is 2. The summed E-state index contributed by atoms with van der Waals surface area (Å²) in [6.07, 6.45) is 8.09. The van der Waals surface area contributed by atoms with E-state index in [-0.39, 0.29) is 0 Å². The Morgan fingerprint density at radius 3 is 2.38 bits per heavy atom. The van der Waals surface area contributed by atoms with E-state index in [0.29, 0.717) is 6.10 Å². The highest BCUT2D eigenvalue weighted by Gasteiger charge is 2.33. The molecule has 0 amide bonds. The standard InChI is InChI=1S/C19H28O2/c1-14(2)15-4-3-12-19(20,13-11-15)16-5-7-17(8-6-16)21-18-9-10-18/h5-8,14-15,18,20H,3-4,9-13H2,1-2H3.